The number of rotatable bonds is 5. The molecule has 0 aliphatic rings. The molecule has 4 nitrogen and oxygen atoms in total. The number of nitrogens with zero attached hydrogens (tertiary/aromatic N) is 3. The lowest BCUT2D eigenvalue weighted by Crippen LogP contribution is -2.01. The third-order valence-corrected chi connectivity index (χ3v) is 9.75. The van der Waals surface area contributed by atoms with Crippen LogP contribution >= 0.6 is 0 Å². The molecule has 2 heterocycles. The summed E-state index contributed by atoms with van der Waals surface area (Å²) in [6.07, 6.45) is 0. The van der Waals surface area contributed by atoms with Gasteiger partial charge in [-0.15, -0.1) is 0 Å². The van der Waals surface area contributed by atoms with Crippen LogP contribution in [0.2, 0.25) is 0 Å². The number of benzene rings is 8. The van der Waals surface area contributed by atoms with Gasteiger partial charge in [0.2, 0.25) is 0 Å². The first-order chi connectivity index (χ1) is 25.3. The zero-order valence-corrected chi connectivity index (χ0v) is 27.5. The van der Waals surface area contributed by atoms with Crippen LogP contribution in [0.1, 0.15) is 0 Å². The van der Waals surface area contributed by atoms with Crippen LogP contribution in [0.3, 0.4) is 0 Å². The molecule has 0 amide bonds. The maximum atomic E-state index is 6.46. The van der Waals surface area contributed by atoms with Gasteiger partial charge in [0.1, 0.15) is 11.2 Å². The van der Waals surface area contributed by atoms with Crippen molar-refractivity contribution in [2.75, 3.05) is 0 Å². The van der Waals surface area contributed by atoms with E-state index in [4.69, 9.17) is 19.4 Å². The van der Waals surface area contributed by atoms with Crippen LogP contribution < -0.4 is 0 Å². The summed E-state index contributed by atoms with van der Waals surface area (Å²) in [4.78, 5) is 15.5. The molecule has 0 atom stereocenters. The van der Waals surface area contributed by atoms with Crippen molar-refractivity contribution in [2.45, 2.75) is 0 Å². The van der Waals surface area contributed by atoms with Gasteiger partial charge in [-0.2, -0.15) is 0 Å². The second kappa shape index (κ2) is 11.9. The van der Waals surface area contributed by atoms with Gasteiger partial charge in [-0.05, 0) is 62.0 Å². The molecule has 4 heteroatoms. The first kappa shape index (κ1) is 29.0. The Kier molecular flexibility index (Phi) is 6.78. The van der Waals surface area contributed by atoms with E-state index >= 15 is 0 Å². The lowest BCUT2D eigenvalue weighted by Gasteiger charge is -2.13. The van der Waals surface area contributed by atoms with Crippen LogP contribution in [0.25, 0.3) is 99.9 Å². The zero-order valence-electron chi connectivity index (χ0n) is 27.5. The van der Waals surface area contributed by atoms with Gasteiger partial charge in [-0.1, -0.05) is 158 Å². The second-order valence-electron chi connectivity index (χ2n) is 12.8. The SMILES string of the molecule is c1ccc(-c2nc(-c3ccc(-c4cccc5ccccc45)cc3)nc(-c3cccc4c3oc3ccccc34)n2)c(-c2ccc3ccccc3c2)c1. The van der Waals surface area contributed by atoms with E-state index in [-0.39, 0.29) is 0 Å². The number of hydrogen-bond donors (Lipinski definition) is 0. The highest BCUT2D eigenvalue weighted by Gasteiger charge is 2.19. The van der Waals surface area contributed by atoms with E-state index in [0.29, 0.717) is 17.5 Å². The molecule has 0 saturated carbocycles. The van der Waals surface area contributed by atoms with Gasteiger partial charge in [0.05, 0.1) is 5.56 Å². The van der Waals surface area contributed by atoms with Crippen molar-refractivity contribution in [3.63, 3.8) is 0 Å². The van der Waals surface area contributed by atoms with E-state index in [1.54, 1.807) is 0 Å². The van der Waals surface area contributed by atoms with Crippen LogP contribution in [0.5, 0.6) is 0 Å². The average Bonchev–Trinajstić information content (AvgIpc) is 3.59. The van der Waals surface area contributed by atoms with Crippen LogP contribution in [-0.2, 0) is 0 Å². The highest BCUT2D eigenvalue weighted by Crippen LogP contribution is 2.38. The predicted molar refractivity (Wildman–Crippen MR) is 209 cm³/mol. The molecule has 0 aliphatic heterocycles. The Morgan fingerprint density at radius 1 is 0.314 bits per heavy atom. The summed E-state index contributed by atoms with van der Waals surface area (Å²) in [5.41, 5.74) is 8.74. The Hall–Kier alpha value is -6.91. The van der Waals surface area contributed by atoms with E-state index in [2.05, 4.69) is 140 Å². The summed E-state index contributed by atoms with van der Waals surface area (Å²) < 4.78 is 6.46. The summed E-state index contributed by atoms with van der Waals surface area (Å²) in [5, 5.41) is 6.92. The molecule has 0 bridgehead atoms. The number of para-hydroxylation sites is 2. The van der Waals surface area contributed by atoms with Crippen molar-refractivity contribution in [3.05, 3.63) is 176 Å². The normalized spacial score (nSPS) is 11.5. The van der Waals surface area contributed by atoms with Crippen LogP contribution in [0, 0.1) is 0 Å². The van der Waals surface area contributed by atoms with Crippen LogP contribution in [0.4, 0.5) is 0 Å². The van der Waals surface area contributed by atoms with Gasteiger partial charge in [0, 0.05) is 21.9 Å². The number of hydrogen-bond acceptors (Lipinski definition) is 4. The van der Waals surface area contributed by atoms with Crippen molar-refractivity contribution in [3.8, 4) is 56.4 Å². The highest BCUT2D eigenvalue weighted by atomic mass is 16.3. The molecule has 10 aromatic rings. The molecule has 238 valence electrons. The molecule has 0 fully saturated rings. The topological polar surface area (TPSA) is 51.8 Å². The Labute approximate surface area is 294 Å². The summed E-state index contributed by atoms with van der Waals surface area (Å²) in [6.45, 7) is 0. The van der Waals surface area contributed by atoms with Gasteiger partial charge < -0.3 is 4.42 Å². The molecular formula is C47H29N3O. The zero-order chi connectivity index (χ0) is 33.7. The quantitative estimate of drug-likeness (QED) is 0.186. The monoisotopic (exact) mass is 651 g/mol. The molecular weight excluding hydrogens is 623 g/mol. The fraction of sp³-hybridized carbons (Fsp3) is 0. The molecule has 0 saturated heterocycles. The van der Waals surface area contributed by atoms with Crippen molar-refractivity contribution < 1.29 is 4.42 Å². The molecule has 0 spiro atoms. The summed E-state index contributed by atoms with van der Waals surface area (Å²) in [6, 6.07) is 61.1. The minimum absolute atomic E-state index is 0.561. The molecule has 0 aliphatic carbocycles. The van der Waals surface area contributed by atoms with Crippen molar-refractivity contribution >= 4 is 43.5 Å². The fourth-order valence-corrected chi connectivity index (χ4v) is 7.23. The molecule has 10 rings (SSSR count). The lowest BCUT2D eigenvalue weighted by molar-refractivity contribution is 0.669. The van der Waals surface area contributed by atoms with E-state index < -0.39 is 0 Å². The third-order valence-electron chi connectivity index (χ3n) is 9.75. The van der Waals surface area contributed by atoms with Crippen molar-refractivity contribution in [2.24, 2.45) is 0 Å². The Morgan fingerprint density at radius 2 is 0.863 bits per heavy atom. The maximum Gasteiger partial charge on any atom is 0.167 e. The van der Waals surface area contributed by atoms with Crippen molar-refractivity contribution in [1.82, 2.24) is 15.0 Å². The summed E-state index contributed by atoms with van der Waals surface area (Å²) in [5.74, 6) is 1.76. The first-order valence-corrected chi connectivity index (χ1v) is 17.1. The third kappa shape index (κ3) is 5.04. The largest absolute Gasteiger partial charge is 0.455 e. The summed E-state index contributed by atoms with van der Waals surface area (Å²) in [7, 11) is 0. The van der Waals surface area contributed by atoms with Crippen molar-refractivity contribution in [1.29, 1.82) is 0 Å². The molecule has 0 N–H and O–H groups in total. The van der Waals surface area contributed by atoms with Gasteiger partial charge in [-0.3, -0.25) is 0 Å². The molecule has 2 aromatic heterocycles. The predicted octanol–water partition coefficient (Wildman–Crippen LogP) is 12.4. The van der Waals surface area contributed by atoms with E-state index in [0.717, 1.165) is 55.3 Å². The smallest absolute Gasteiger partial charge is 0.167 e. The minimum atomic E-state index is 0.561. The molecule has 0 radical (unpaired) electrons. The lowest BCUT2D eigenvalue weighted by atomic mass is 9.96. The number of furan rings is 1. The Morgan fingerprint density at radius 3 is 1.73 bits per heavy atom. The Bertz CT molecular complexity index is 2920. The molecule has 51 heavy (non-hydrogen) atoms. The average molecular weight is 652 g/mol. The number of fused-ring (bicyclic) bond motifs is 5. The summed E-state index contributed by atoms with van der Waals surface area (Å²) >= 11 is 0. The maximum absolute atomic E-state index is 6.46. The fourth-order valence-electron chi connectivity index (χ4n) is 7.23. The van der Waals surface area contributed by atoms with Gasteiger partial charge in [0.15, 0.2) is 17.5 Å². The van der Waals surface area contributed by atoms with Gasteiger partial charge >= 0.3 is 0 Å². The van der Waals surface area contributed by atoms with Gasteiger partial charge in [-0.25, -0.2) is 15.0 Å². The molecule has 8 aromatic carbocycles. The van der Waals surface area contributed by atoms with E-state index in [1.807, 2.05) is 36.4 Å². The second-order valence-corrected chi connectivity index (χ2v) is 12.8. The highest BCUT2D eigenvalue weighted by molar-refractivity contribution is 6.09. The van der Waals surface area contributed by atoms with Crippen LogP contribution in [-0.4, -0.2) is 15.0 Å². The first-order valence-electron chi connectivity index (χ1n) is 17.1. The molecule has 0 unspecified atom stereocenters. The number of aromatic nitrogens is 3. The standard InChI is InChI=1S/C47H29N3O/c1-2-13-34-29-35(28-23-30(34)11-1)38-16-5-6-18-41(38)46-48-45(33-26-24-32(25-27-33)37-19-9-14-31-12-3-4-15-36(31)37)49-47(50-46)42-21-10-20-40-39-17-7-8-22-43(39)51-44(40)42/h1-29H. The van der Waals surface area contributed by atoms with Gasteiger partial charge in [0.25, 0.3) is 0 Å². The minimum Gasteiger partial charge on any atom is -0.455 e. The van der Waals surface area contributed by atoms with Crippen LogP contribution in [0.15, 0.2) is 180 Å². The van der Waals surface area contributed by atoms with E-state index in [9.17, 15) is 0 Å². The Balaban J connectivity index is 1.16. The van der Waals surface area contributed by atoms with E-state index in [1.165, 1.54) is 27.1 Å².